The number of esters is 1. The number of hydrogen-bond donors (Lipinski definition) is 0. The Morgan fingerprint density at radius 3 is 1.96 bits per heavy atom. The third-order valence-corrected chi connectivity index (χ3v) is 3.88. The summed E-state index contributed by atoms with van der Waals surface area (Å²) in [6.07, 6.45) is 0.534. The Hall–Kier alpha value is -3.44. The van der Waals surface area contributed by atoms with E-state index in [1.165, 1.54) is 0 Å². The summed E-state index contributed by atoms with van der Waals surface area (Å²) in [6.45, 7) is 0.354. The molecule has 0 aromatic heterocycles. The summed E-state index contributed by atoms with van der Waals surface area (Å²) in [6, 6.07) is 25.5. The summed E-state index contributed by atoms with van der Waals surface area (Å²) >= 11 is 0. The largest absolute Gasteiger partial charge is 0.457 e. The van der Waals surface area contributed by atoms with Gasteiger partial charge in [0.1, 0.15) is 13.2 Å². The third kappa shape index (κ3) is 5.03. The van der Waals surface area contributed by atoms with Gasteiger partial charge in [-0.2, -0.15) is 5.06 Å². The fourth-order valence-electron chi connectivity index (χ4n) is 2.51. The minimum atomic E-state index is -0.524. The van der Waals surface area contributed by atoms with Gasteiger partial charge in [0.15, 0.2) is 0 Å². The maximum Gasteiger partial charge on any atom is 0.340 e. The molecule has 0 bridgehead atoms. The highest BCUT2D eigenvalue weighted by atomic mass is 16.7. The molecule has 1 amide bonds. The lowest BCUT2D eigenvalue weighted by molar-refractivity contribution is -0.114. The summed E-state index contributed by atoms with van der Waals surface area (Å²) in [5.74, 6) is -0.524. The molecule has 5 nitrogen and oxygen atoms in total. The molecule has 0 unspecified atom stereocenters. The highest BCUT2D eigenvalue weighted by Gasteiger charge is 2.18. The zero-order chi connectivity index (χ0) is 18.9. The zero-order valence-corrected chi connectivity index (χ0v) is 14.7. The molecule has 0 aliphatic carbocycles. The molecule has 0 aliphatic rings. The van der Waals surface area contributed by atoms with Crippen LogP contribution in [0, 0.1) is 0 Å². The average Bonchev–Trinajstić information content (AvgIpc) is 2.74. The van der Waals surface area contributed by atoms with Gasteiger partial charge in [-0.25, -0.2) is 4.79 Å². The maximum atomic E-state index is 12.5. The molecular formula is C22H19NO4. The standard InChI is InChI=1S/C22H19NO4/c24-17-23(27-16-19-11-5-2-6-12-19)21-14-8-7-13-20(21)22(25)26-15-18-9-3-1-4-10-18/h1-14,17H,15-16H2. The second kappa shape index (κ2) is 9.31. The van der Waals surface area contributed by atoms with Crippen molar-refractivity contribution in [3.05, 3.63) is 102 Å². The van der Waals surface area contributed by atoms with E-state index in [4.69, 9.17) is 9.57 Å². The number of nitrogens with zero attached hydrogens (tertiary/aromatic N) is 1. The van der Waals surface area contributed by atoms with Crippen LogP contribution in [0.25, 0.3) is 0 Å². The van der Waals surface area contributed by atoms with Gasteiger partial charge in [-0.05, 0) is 23.3 Å². The molecule has 5 heteroatoms. The van der Waals surface area contributed by atoms with E-state index in [1.807, 2.05) is 60.7 Å². The predicted molar refractivity (Wildman–Crippen MR) is 102 cm³/mol. The molecule has 27 heavy (non-hydrogen) atoms. The van der Waals surface area contributed by atoms with Crippen molar-refractivity contribution in [2.75, 3.05) is 5.06 Å². The monoisotopic (exact) mass is 361 g/mol. The van der Waals surface area contributed by atoms with Gasteiger partial charge < -0.3 is 4.74 Å². The van der Waals surface area contributed by atoms with Gasteiger partial charge in [0.05, 0.1) is 11.3 Å². The van der Waals surface area contributed by atoms with Gasteiger partial charge in [0.2, 0.25) is 6.41 Å². The van der Waals surface area contributed by atoms with Crippen LogP contribution < -0.4 is 5.06 Å². The van der Waals surface area contributed by atoms with Crippen LogP contribution in [-0.4, -0.2) is 12.4 Å². The summed E-state index contributed by atoms with van der Waals surface area (Å²) < 4.78 is 5.38. The number of benzene rings is 3. The minimum Gasteiger partial charge on any atom is -0.457 e. The zero-order valence-electron chi connectivity index (χ0n) is 14.7. The number of anilines is 1. The summed E-state index contributed by atoms with van der Waals surface area (Å²) in [4.78, 5) is 29.6. The second-order valence-corrected chi connectivity index (χ2v) is 5.77. The molecule has 0 saturated carbocycles. The summed E-state index contributed by atoms with van der Waals surface area (Å²) in [5, 5.41) is 1.05. The Bertz CT molecular complexity index is 881. The third-order valence-electron chi connectivity index (χ3n) is 3.88. The van der Waals surface area contributed by atoms with Crippen molar-refractivity contribution in [2.45, 2.75) is 13.2 Å². The highest BCUT2D eigenvalue weighted by Crippen LogP contribution is 2.22. The Balaban J connectivity index is 1.71. The Morgan fingerprint density at radius 2 is 1.33 bits per heavy atom. The first kappa shape index (κ1) is 18.4. The van der Waals surface area contributed by atoms with Gasteiger partial charge in [0, 0.05) is 0 Å². The number of hydrogen-bond acceptors (Lipinski definition) is 4. The van der Waals surface area contributed by atoms with E-state index in [0.29, 0.717) is 12.1 Å². The lowest BCUT2D eigenvalue weighted by Gasteiger charge is -2.19. The van der Waals surface area contributed by atoms with E-state index in [2.05, 4.69) is 0 Å². The number of carbonyl (C=O) groups excluding carboxylic acids is 2. The smallest absolute Gasteiger partial charge is 0.340 e. The molecule has 3 aromatic rings. The molecule has 136 valence electrons. The fourth-order valence-corrected chi connectivity index (χ4v) is 2.51. The highest BCUT2D eigenvalue weighted by molar-refractivity contribution is 5.97. The van der Waals surface area contributed by atoms with Crippen molar-refractivity contribution >= 4 is 18.1 Å². The molecule has 0 radical (unpaired) electrons. The fraction of sp³-hybridized carbons (Fsp3) is 0.0909. The van der Waals surface area contributed by atoms with Gasteiger partial charge >= 0.3 is 5.97 Å². The van der Waals surface area contributed by atoms with E-state index in [1.54, 1.807) is 24.3 Å². The number of amides is 1. The second-order valence-electron chi connectivity index (χ2n) is 5.77. The molecule has 0 saturated heterocycles. The van der Waals surface area contributed by atoms with E-state index in [-0.39, 0.29) is 18.8 Å². The van der Waals surface area contributed by atoms with Crippen LogP contribution in [0.4, 0.5) is 5.69 Å². The van der Waals surface area contributed by atoms with Gasteiger partial charge in [0.25, 0.3) is 0 Å². The Kier molecular flexibility index (Phi) is 6.33. The van der Waals surface area contributed by atoms with Crippen LogP contribution in [-0.2, 0) is 27.6 Å². The van der Waals surface area contributed by atoms with Crippen LogP contribution >= 0.6 is 0 Å². The SMILES string of the molecule is O=CN(OCc1ccccc1)c1ccccc1C(=O)OCc1ccccc1. The van der Waals surface area contributed by atoms with Crippen molar-refractivity contribution in [2.24, 2.45) is 0 Å². The summed E-state index contributed by atoms with van der Waals surface area (Å²) in [5.41, 5.74) is 2.39. The molecular weight excluding hydrogens is 342 g/mol. The van der Waals surface area contributed by atoms with E-state index in [0.717, 1.165) is 16.2 Å². The van der Waals surface area contributed by atoms with Crippen LogP contribution in [0.15, 0.2) is 84.9 Å². The number of para-hydroxylation sites is 1. The van der Waals surface area contributed by atoms with Gasteiger partial charge in [-0.1, -0.05) is 72.8 Å². The number of ether oxygens (including phenoxy) is 1. The van der Waals surface area contributed by atoms with Crippen molar-refractivity contribution in [1.29, 1.82) is 0 Å². The quantitative estimate of drug-likeness (QED) is 0.344. The van der Waals surface area contributed by atoms with Gasteiger partial charge in [-0.3, -0.25) is 9.63 Å². The number of rotatable bonds is 8. The Morgan fingerprint density at radius 1 is 0.778 bits per heavy atom. The Labute approximate surface area is 157 Å². The minimum absolute atomic E-state index is 0.153. The maximum absolute atomic E-state index is 12.5. The normalized spacial score (nSPS) is 10.2. The number of hydroxylamine groups is 1. The van der Waals surface area contributed by atoms with E-state index < -0.39 is 5.97 Å². The van der Waals surface area contributed by atoms with E-state index >= 15 is 0 Å². The first-order chi connectivity index (χ1) is 13.3. The average molecular weight is 361 g/mol. The molecule has 0 heterocycles. The molecule has 0 fully saturated rings. The van der Waals surface area contributed by atoms with Crippen molar-refractivity contribution in [1.82, 2.24) is 0 Å². The van der Waals surface area contributed by atoms with Gasteiger partial charge in [-0.15, -0.1) is 0 Å². The van der Waals surface area contributed by atoms with Crippen LogP contribution in [0.3, 0.4) is 0 Å². The van der Waals surface area contributed by atoms with Crippen molar-refractivity contribution in [3.8, 4) is 0 Å². The predicted octanol–water partition coefficient (Wildman–Crippen LogP) is 4.14. The van der Waals surface area contributed by atoms with E-state index in [9.17, 15) is 9.59 Å². The topological polar surface area (TPSA) is 55.8 Å². The molecule has 0 spiro atoms. The first-order valence-electron chi connectivity index (χ1n) is 8.49. The van der Waals surface area contributed by atoms with Crippen molar-refractivity contribution in [3.63, 3.8) is 0 Å². The lowest BCUT2D eigenvalue weighted by Crippen LogP contribution is -2.24. The van der Waals surface area contributed by atoms with Crippen molar-refractivity contribution < 1.29 is 19.2 Å². The molecule has 0 atom stereocenters. The van der Waals surface area contributed by atoms with Crippen LogP contribution in [0.5, 0.6) is 0 Å². The number of carbonyl (C=O) groups is 2. The summed E-state index contributed by atoms with van der Waals surface area (Å²) in [7, 11) is 0. The molecule has 0 aliphatic heterocycles. The van der Waals surface area contributed by atoms with Crippen LogP contribution in [0.2, 0.25) is 0 Å². The first-order valence-corrected chi connectivity index (χ1v) is 8.49. The molecule has 3 aromatic carbocycles. The van der Waals surface area contributed by atoms with Crippen LogP contribution in [0.1, 0.15) is 21.5 Å². The molecule has 3 rings (SSSR count). The molecule has 0 N–H and O–H groups in total. The lowest BCUT2D eigenvalue weighted by atomic mass is 10.1.